The molecule has 82 valence electrons. The fraction of sp³-hybridized carbons (Fsp3) is 0.500. The summed E-state index contributed by atoms with van der Waals surface area (Å²) in [7, 11) is 0. The molecule has 2 N–H and O–H groups in total. The molecule has 1 aliphatic rings. The summed E-state index contributed by atoms with van der Waals surface area (Å²) in [5.41, 5.74) is 0. The Morgan fingerprint density at radius 2 is 1.73 bits per heavy atom. The van der Waals surface area contributed by atoms with Crippen molar-refractivity contribution in [2.75, 3.05) is 0 Å². The topological polar surface area (TPSA) is 40.5 Å². The minimum absolute atomic E-state index is 0.0178. The van der Waals surface area contributed by atoms with E-state index in [1.54, 1.807) is 12.1 Å². The fourth-order valence-corrected chi connectivity index (χ4v) is 3.23. The van der Waals surface area contributed by atoms with Gasteiger partial charge in [0.1, 0.15) is 0 Å². The summed E-state index contributed by atoms with van der Waals surface area (Å²) in [5, 5.41) is 19.2. The molecule has 1 fully saturated rings. The average Bonchev–Trinajstić information content (AvgIpc) is 2.25. The molecule has 0 saturated heterocycles. The Kier molecular flexibility index (Phi) is 3.41. The minimum Gasteiger partial charge on any atom is -0.504 e. The van der Waals surface area contributed by atoms with Crippen molar-refractivity contribution in [1.82, 2.24) is 0 Å². The Morgan fingerprint density at radius 3 is 2.40 bits per heavy atom. The zero-order valence-electron chi connectivity index (χ0n) is 8.65. The second-order valence-corrected chi connectivity index (χ2v) is 5.40. The molecule has 3 heteroatoms. The summed E-state index contributed by atoms with van der Waals surface area (Å²) in [6.45, 7) is 0. The Hall–Kier alpha value is -0.830. The molecule has 1 aliphatic carbocycles. The standard InChI is InChI=1S/C12H16O2S/c13-11-7-6-10(8-12(11)14)15-9-4-2-1-3-5-9/h6-9,13-14H,1-5H2. The quantitative estimate of drug-likeness (QED) is 0.755. The van der Waals surface area contributed by atoms with E-state index in [1.165, 1.54) is 32.1 Å². The van der Waals surface area contributed by atoms with Gasteiger partial charge in [0.15, 0.2) is 11.5 Å². The van der Waals surface area contributed by atoms with Crippen LogP contribution in [-0.2, 0) is 0 Å². The van der Waals surface area contributed by atoms with Crippen LogP contribution in [0.2, 0.25) is 0 Å². The predicted molar refractivity (Wildman–Crippen MR) is 62.5 cm³/mol. The van der Waals surface area contributed by atoms with E-state index in [-0.39, 0.29) is 11.5 Å². The number of phenolic OH excluding ortho intramolecular Hbond substituents is 2. The normalized spacial score (nSPS) is 17.9. The molecule has 0 heterocycles. The van der Waals surface area contributed by atoms with E-state index in [1.807, 2.05) is 17.8 Å². The number of aromatic hydroxyl groups is 2. The monoisotopic (exact) mass is 224 g/mol. The van der Waals surface area contributed by atoms with Crippen LogP contribution >= 0.6 is 11.8 Å². The Bertz CT molecular complexity index is 332. The fourth-order valence-electron chi connectivity index (χ4n) is 1.95. The first-order valence-electron chi connectivity index (χ1n) is 5.44. The van der Waals surface area contributed by atoms with Gasteiger partial charge in [-0.3, -0.25) is 0 Å². The second kappa shape index (κ2) is 4.79. The summed E-state index contributed by atoms with van der Waals surface area (Å²) in [5.74, 6) is -0.0567. The molecule has 0 bridgehead atoms. The first kappa shape index (κ1) is 10.7. The van der Waals surface area contributed by atoms with E-state index in [4.69, 9.17) is 0 Å². The third-order valence-electron chi connectivity index (χ3n) is 2.80. The molecule has 1 aromatic carbocycles. The van der Waals surface area contributed by atoms with Crippen molar-refractivity contribution >= 4 is 11.8 Å². The molecule has 0 aromatic heterocycles. The maximum Gasteiger partial charge on any atom is 0.158 e. The zero-order chi connectivity index (χ0) is 10.7. The molecule has 15 heavy (non-hydrogen) atoms. The molecule has 2 rings (SSSR count). The van der Waals surface area contributed by atoms with Gasteiger partial charge >= 0.3 is 0 Å². The first-order chi connectivity index (χ1) is 7.25. The van der Waals surface area contributed by atoms with E-state index >= 15 is 0 Å². The van der Waals surface area contributed by atoms with E-state index in [0.29, 0.717) is 5.25 Å². The average molecular weight is 224 g/mol. The number of hydrogen-bond donors (Lipinski definition) is 2. The molecule has 0 unspecified atom stereocenters. The Balaban J connectivity index is 2.00. The van der Waals surface area contributed by atoms with Crippen LogP contribution in [0.5, 0.6) is 11.5 Å². The van der Waals surface area contributed by atoms with Gasteiger partial charge in [0.05, 0.1) is 0 Å². The van der Waals surface area contributed by atoms with Gasteiger partial charge in [0.2, 0.25) is 0 Å². The van der Waals surface area contributed by atoms with Crippen LogP contribution < -0.4 is 0 Å². The van der Waals surface area contributed by atoms with E-state index in [9.17, 15) is 10.2 Å². The van der Waals surface area contributed by atoms with Gasteiger partial charge in [-0.15, -0.1) is 11.8 Å². The summed E-state index contributed by atoms with van der Waals surface area (Å²) in [6.07, 6.45) is 6.54. The lowest BCUT2D eigenvalue weighted by Gasteiger charge is -2.20. The van der Waals surface area contributed by atoms with Gasteiger partial charge in [0, 0.05) is 10.1 Å². The largest absolute Gasteiger partial charge is 0.504 e. The van der Waals surface area contributed by atoms with Crippen LogP contribution in [0, 0.1) is 0 Å². The third-order valence-corrected chi connectivity index (χ3v) is 4.13. The van der Waals surface area contributed by atoms with Crippen molar-refractivity contribution < 1.29 is 10.2 Å². The lowest BCUT2D eigenvalue weighted by Crippen LogP contribution is -2.07. The smallest absolute Gasteiger partial charge is 0.158 e. The highest BCUT2D eigenvalue weighted by molar-refractivity contribution is 8.00. The minimum atomic E-state index is -0.0389. The molecule has 0 radical (unpaired) electrons. The molecule has 1 aromatic rings. The zero-order valence-corrected chi connectivity index (χ0v) is 9.46. The highest BCUT2D eigenvalue weighted by Crippen LogP contribution is 2.36. The molecule has 2 nitrogen and oxygen atoms in total. The SMILES string of the molecule is Oc1ccc(SC2CCCCC2)cc1O. The van der Waals surface area contributed by atoms with Crippen LogP contribution in [0.3, 0.4) is 0 Å². The molecule has 0 atom stereocenters. The number of benzene rings is 1. The number of rotatable bonds is 2. The number of hydrogen-bond acceptors (Lipinski definition) is 3. The summed E-state index contributed by atoms with van der Waals surface area (Å²) < 4.78 is 0. The molecular weight excluding hydrogens is 208 g/mol. The van der Waals surface area contributed by atoms with Gasteiger partial charge in [-0.05, 0) is 31.0 Å². The van der Waals surface area contributed by atoms with Crippen LogP contribution in [0.25, 0.3) is 0 Å². The lowest BCUT2D eigenvalue weighted by atomic mass is 10.0. The van der Waals surface area contributed by atoms with Gasteiger partial charge in [-0.1, -0.05) is 19.3 Å². The summed E-state index contributed by atoms with van der Waals surface area (Å²) in [6, 6.07) is 5.07. The molecular formula is C12H16O2S. The molecule has 1 saturated carbocycles. The molecule has 0 amide bonds. The van der Waals surface area contributed by atoms with Crippen LogP contribution in [0.4, 0.5) is 0 Å². The van der Waals surface area contributed by atoms with Crippen molar-refractivity contribution in [3.05, 3.63) is 18.2 Å². The van der Waals surface area contributed by atoms with Crippen LogP contribution in [0.1, 0.15) is 32.1 Å². The maximum atomic E-state index is 9.37. The highest BCUT2D eigenvalue weighted by atomic mass is 32.2. The first-order valence-corrected chi connectivity index (χ1v) is 6.32. The Morgan fingerprint density at radius 1 is 1.00 bits per heavy atom. The van der Waals surface area contributed by atoms with Crippen molar-refractivity contribution in [3.8, 4) is 11.5 Å². The summed E-state index contributed by atoms with van der Waals surface area (Å²) in [4.78, 5) is 1.05. The van der Waals surface area contributed by atoms with Crippen LogP contribution in [-0.4, -0.2) is 15.5 Å². The molecule has 0 aliphatic heterocycles. The van der Waals surface area contributed by atoms with Crippen LogP contribution in [0.15, 0.2) is 23.1 Å². The molecule has 0 spiro atoms. The number of thioether (sulfide) groups is 1. The maximum absolute atomic E-state index is 9.37. The van der Waals surface area contributed by atoms with Crippen molar-refractivity contribution in [2.45, 2.75) is 42.2 Å². The van der Waals surface area contributed by atoms with E-state index in [0.717, 1.165) is 4.90 Å². The number of phenols is 2. The van der Waals surface area contributed by atoms with Crippen molar-refractivity contribution in [1.29, 1.82) is 0 Å². The predicted octanol–water partition coefficient (Wildman–Crippen LogP) is 3.52. The van der Waals surface area contributed by atoms with Gasteiger partial charge < -0.3 is 10.2 Å². The van der Waals surface area contributed by atoms with Gasteiger partial charge in [0.25, 0.3) is 0 Å². The van der Waals surface area contributed by atoms with E-state index in [2.05, 4.69) is 0 Å². The summed E-state index contributed by atoms with van der Waals surface area (Å²) >= 11 is 1.82. The lowest BCUT2D eigenvalue weighted by molar-refractivity contribution is 0.402. The van der Waals surface area contributed by atoms with Gasteiger partial charge in [-0.25, -0.2) is 0 Å². The third kappa shape index (κ3) is 2.81. The van der Waals surface area contributed by atoms with Gasteiger partial charge in [-0.2, -0.15) is 0 Å². The Labute approximate surface area is 94.3 Å². The highest BCUT2D eigenvalue weighted by Gasteiger charge is 2.15. The van der Waals surface area contributed by atoms with E-state index < -0.39 is 0 Å². The second-order valence-electron chi connectivity index (χ2n) is 4.03. The van der Waals surface area contributed by atoms with Crippen molar-refractivity contribution in [3.63, 3.8) is 0 Å². The van der Waals surface area contributed by atoms with Crippen molar-refractivity contribution in [2.24, 2.45) is 0 Å².